The molecule has 0 bridgehead atoms. The number of ketones is 1. The fourth-order valence-corrected chi connectivity index (χ4v) is 4.00. The van der Waals surface area contributed by atoms with Gasteiger partial charge in [0.15, 0.2) is 11.5 Å². The van der Waals surface area contributed by atoms with Gasteiger partial charge in [0, 0.05) is 37.2 Å². The van der Waals surface area contributed by atoms with Crippen LogP contribution in [0.15, 0.2) is 66.9 Å². The molecule has 1 saturated heterocycles. The summed E-state index contributed by atoms with van der Waals surface area (Å²) in [5.74, 6) is -0.637. The summed E-state index contributed by atoms with van der Waals surface area (Å²) in [6, 6.07) is 9.39. The van der Waals surface area contributed by atoms with Crippen LogP contribution in [0.5, 0.6) is 11.5 Å². The molecule has 0 spiro atoms. The van der Waals surface area contributed by atoms with Crippen molar-refractivity contribution in [3.63, 3.8) is 0 Å². The van der Waals surface area contributed by atoms with E-state index >= 15 is 0 Å². The van der Waals surface area contributed by atoms with Crippen LogP contribution in [-0.2, 0) is 16.1 Å². The molecule has 9 heteroatoms. The van der Waals surface area contributed by atoms with E-state index in [4.69, 9.17) is 9.47 Å². The Hall–Kier alpha value is -4.14. The summed E-state index contributed by atoms with van der Waals surface area (Å²) in [5.41, 5.74) is 0.887. The fraction of sp³-hybridized carbons (Fsp3) is 0.217. The van der Waals surface area contributed by atoms with Gasteiger partial charge in [0.1, 0.15) is 11.8 Å². The number of rotatable bonds is 6. The number of benzene rings is 1. The van der Waals surface area contributed by atoms with Crippen molar-refractivity contribution in [1.82, 2.24) is 19.4 Å². The third-order valence-corrected chi connectivity index (χ3v) is 5.53. The normalized spacial score (nSPS) is 19.0. The molecule has 2 aromatic heterocycles. The van der Waals surface area contributed by atoms with Crippen molar-refractivity contribution in [3.8, 4) is 11.5 Å². The molecule has 1 unspecified atom stereocenters. The molecule has 9 nitrogen and oxygen atoms in total. The first-order chi connectivity index (χ1) is 15.6. The van der Waals surface area contributed by atoms with Crippen molar-refractivity contribution >= 4 is 17.4 Å². The first kappa shape index (κ1) is 19.8. The second-order valence-corrected chi connectivity index (χ2v) is 7.47. The van der Waals surface area contributed by atoms with Gasteiger partial charge in [-0.2, -0.15) is 0 Å². The summed E-state index contributed by atoms with van der Waals surface area (Å²) in [4.78, 5) is 35.8. The molecule has 0 aliphatic carbocycles. The Morgan fingerprint density at radius 1 is 1.09 bits per heavy atom. The highest BCUT2D eigenvalue weighted by atomic mass is 16.7. The molecule has 1 atom stereocenters. The lowest BCUT2D eigenvalue weighted by Gasteiger charge is -2.24. The Labute approximate surface area is 183 Å². The lowest BCUT2D eigenvalue weighted by Crippen LogP contribution is -2.31. The van der Waals surface area contributed by atoms with Crippen LogP contribution < -0.4 is 9.47 Å². The van der Waals surface area contributed by atoms with Gasteiger partial charge in [-0.25, -0.2) is 4.98 Å². The Morgan fingerprint density at radius 3 is 2.75 bits per heavy atom. The van der Waals surface area contributed by atoms with E-state index in [0.29, 0.717) is 42.3 Å². The highest BCUT2D eigenvalue weighted by Gasteiger charge is 2.46. The van der Waals surface area contributed by atoms with Crippen molar-refractivity contribution in [2.75, 3.05) is 13.3 Å². The smallest absolute Gasteiger partial charge is 0.295 e. The summed E-state index contributed by atoms with van der Waals surface area (Å²) < 4.78 is 12.6. The largest absolute Gasteiger partial charge is 0.507 e. The molecule has 1 fully saturated rings. The van der Waals surface area contributed by atoms with E-state index in [-0.39, 0.29) is 18.1 Å². The van der Waals surface area contributed by atoms with Gasteiger partial charge < -0.3 is 24.0 Å². The zero-order valence-corrected chi connectivity index (χ0v) is 17.0. The summed E-state index contributed by atoms with van der Waals surface area (Å²) in [5, 5.41) is 11.1. The number of Topliss-reactive ketones (excluding diaryl/α,β-unsaturated/α-hetero) is 1. The van der Waals surface area contributed by atoms with Crippen LogP contribution in [0, 0.1) is 0 Å². The lowest BCUT2D eigenvalue weighted by atomic mass is 9.98. The highest BCUT2D eigenvalue weighted by molar-refractivity contribution is 6.46. The van der Waals surface area contributed by atoms with Gasteiger partial charge in [0.2, 0.25) is 6.79 Å². The van der Waals surface area contributed by atoms with Crippen LogP contribution in [0.3, 0.4) is 0 Å². The van der Waals surface area contributed by atoms with E-state index in [1.807, 2.05) is 10.8 Å². The molecule has 1 N–H and O–H groups in total. The summed E-state index contributed by atoms with van der Waals surface area (Å²) in [7, 11) is 0. The molecule has 2 aliphatic heterocycles. The fourth-order valence-electron chi connectivity index (χ4n) is 4.00. The number of carbonyl (C=O) groups excluding carboxylic acids is 2. The predicted octanol–water partition coefficient (Wildman–Crippen LogP) is 2.52. The van der Waals surface area contributed by atoms with Crippen LogP contribution in [0.1, 0.15) is 23.7 Å². The number of pyridine rings is 1. The average Bonchev–Trinajstić information content (AvgIpc) is 3.55. The Kier molecular flexibility index (Phi) is 5.06. The van der Waals surface area contributed by atoms with E-state index < -0.39 is 17.7 Å². The first-order valence-electron chi connectivity index (χ1n) is 10.2. The monoisotopic (exact) mass is 432 g/mol. The molecular formula is C23H20N4O5. The van der Waals surface area contributed by atoms with Crippen LogP contribution >= 0.6 is 0 Å². The summed E-state index contributed by atoms with van der Waals surface area (Å²) in [6.07, 6.45) is 7.43. The number of hydrogen-bond acceptors (Lipinski definition) is 7. The molecular weight excluding hydrogens is 412 g/mol. The van der Waals surface area contributed by atoms with E-state index in [2.05, 4.69) is 9.97 Å². The number of ether oxygens (including phenoxy) is 2. The molecule has 32 heavy (non-hydrogen) atoms. The molecule has 162 valence electrons. The number of aliphatic hydroxyl groups is 1. The van der Waals surface area contributed by atoms with Crippen LogP contribution in [0.2, 0.25) is 0 Å². The second kappa shape index (κ2) is 8.18. The molecule has 3 aromatic rings. The predicted molar refractivity (Wildman–Crippen MR) is 113 cm³/mol. The number of hydrogen-bond donors (Lipinski definition) is 1. The van der Waals surface area contributed by atoms with Gasteiger partial charge in [-0.05, 0) is 36.8 Å². The highest BCUT2D eigenvalue weighted by Crippen LogP contribution is 2.40. The molecule has 0 radical (unpaired) electrons. The number of carbonyl (C=O) groups is 2. The number of nitrogens with zero attached hydrogens (tertiary/aromatic N) is 4. The molecule has 5 rings (SSSR count). The van der Waals surface area contributed by atoms with E-state index in [1.165, 1.54) is 4.90 Å². The summed E-state index contributed by atoms with van der Waals surface area (Å²) >= 11 is 0. The Balaban J connectivity index is 1.52. The first-order valence-corrected chi connectivity index (χ1v) is 10.2. The molecule has 0 saturated carbocycles. The van der Waals surface area contributed by atoms with Gasteiger partial charge >= 0.3 is 0 Å². The quantitative estimate of drug-likeness (QED) is 0.362. The molecule has 4 heterocycles. The Morgan fingerprint density at radius 2 is 1.97 bits per heavy atom. The maximum absolute atomic E-state index is 13.0. The van der Waals surface area contributed by atoms with Crippen molar-refractivity contribution < 1.29 is 24.2 Å². The molecule has 1 amide bonds. The number of aromatic nitrogens is 3. The minimum Gasteiger partial charge on any atom is -0.507 e. The summed E-state index contributed by atoms with van der Waals surface area (Å²) in [6.45, 7) is 1.05. The standard InChI is InChI=1S/C23H20N4O5/c28-21(15-5-6-17-18(12-15)32-14-31-17)19-20(16-4-1-2-7-25-16)27(23(30)22(19)29)10-3-9-26-11-8-24-13-26/h1-2,4-8,11-13,20,28H,3,9-10,14H2/b21-19+. The average molecular weight is 432 g/mol. The van der Waals surface area contributed by atoms with Crippen LogP contribution in [0.25, 0.3) is 5.76 Å². The Bertz CT molecular complexity index is 1190. The number of likely N-dealkylation sites (tertiary alicyclic amines) is 1. The molecule has 2 aliphatic rings. The van der Waals surface area contributed by atoms with Crippen molar-refractivity contribution in [3.05, 3.63) is 78.1 Å². The number of imidazole rings is 1. The third kappa shape index (κ3) is 3.47. The van der Waals surface area contributed by atoms with Crippen LogP contribution in [-0.4, -0.2) is 49.6 Å². The van der Waals surface area contributed by atoms with Crippen molar-refractivity contribution in [2.45, 2.75) is 19.0 Å². The second-order valence-electron chi connectivity index (χ2n) is 7.47. The SMILES string of the molecule is O=C1C(=O)N(CCCn2ccnc2)C(c2ccccn2)/C1=C(\O)c1ccc2c(c1)OCO2. The minimum atomic E-state index is -0.788. The maximum atomic E-state index is 13.0. The van der Waals surface area contributed by atoms with Gasteiger partial charge in [0.05, 0.1) is 17.6 Å². The van der Waals surface area contributed by atoms with E-state index in [0.717, 1.165) is 0 Å². The van der Waals surface area contributed by atoms with E-state index in [9.17, 15) is 14.7 Å². The van der Waals surface area contributed by atoms with Gasteiger partial charge in [-0.1, -0.05) is 6.07 Å². The van der Waals surface area contributed by atoms with Crippen LogP contribution in [0.4, 0.5) is 0 Å². The number of aliphatic hydroxyl groups excluding tert-OH is 1. The topological polar surface area (TPSA) is 107 Å². The van der Waals surface area contributed by atoms with E-state index in [1.54, 1.807) is 55.1 Å². The van der Waals surface area contributed by atoms with Gasteiger partial charge in [-0.3, -0.25) is 14.6 Å². The third-order valence-electron chi connectivity index (χ3n) is 5.53. The van der Waals surface area contributed by atoms with Gasteiger partial charge in [0.25, 0.3) is 11.7 Å². The molecule has 1 aromatic carbocycles. The number of fused-ring (bicyclic) bond motifs is 1. The zero-order chi connectivity index (χ0) is 22.1. The zero-order valence-electron chi connectivity index (χ0n) is 17.0. The van der Waals surface area contributed by atoms with Gasteiger partial charge in [-0.15, -0.1) is 0 Å². The van der Waals surface area contributed by atoms with Crippen molar-refractivity contribution in [2.24, 2.45) is 0 Å². The maximum Gasteiger partial charge on any atom is 0.295 e. The van der Waals surface area contributed by atoms with Crippen molar-refractivity contribution in [1.29, 1.82) is 0 Å². The minimum absolute atomic E-state index is 0.00944. The lowest BCUT2D eigenvalue weighted by molar-refractivity contribution is -0.140. The number of aryl methyl sites for hydroxylation is 1. The number of amides is 1.